The van der Waals surface area contributed by atoms with E-state index in [1.165, 1.54) is 5.00 Å². The number of nitrogens with zero attached hydrogens (tertiary/aromatic N) is 2. The summed E-state index contributed by atoms with van der Waals surface area (Å²) in [5.41, 5.74) is 0.0253. The van der Waals surface area contributed by atoms with Crippen molar-refractivity contribution in [2.75, 3.05) is 32.1 Å². The van der Waals surface area contributed by atoms with E-state index < -0.39 is 0 Å². The van der Waals surface area contributed by atoms with Gasteiger partial charge in [0, 0.05) is 44.7 Å². The van der Waals surface area contributed by atoms with Crippen LogP contribution >= 0.6 is 35.3 Å². The van der Waals surface area contributed by atoms with Crippen molar-refractivity contribution in [3.63, 3.8) is 0 Å². The molecule has 2 unspecified atom stereocenters. The van der Waals surface area contributed by atoms with Gasteiger partial charge in [-0.2, -0.15) is 0 Å². The van der Waals surface area contributed by atoms with E-state index in [1.54, 1.807) is 0 Å². The first-order valence-corrected chi connectivity index (χ1v) is 10.1. The maximum atomic E-state index is 5.73. The third-order valence-corrected chi connectivity index (χ3v) is 7.40. The number of ether oxygens (including phenoxy) is 1. The van der Waals surface area contributed by atoms with Crippen LogP contribution in [-0.4, -0.2) is 50.9 Å². The van der Waals surface area contributed by atoms with Gasteiger partial charge in [-0.1, -0.05) is 13.8 Å². The number of anilines is 1. The monoisotopic (exact) mass is 492 g/mol. The number of methoxy groups -OCH3 is 1. The maximum absolute atomic E-state index is 5.73. The lowest BCUT2D eigenvalue weighted by Crippen LogP contribution is -2.69. The van der Waals surface area contributed by atoms with E-state index in [9.17, 15) is 0 Å². The second kappa shape index (κ2) is 8.65. The number of nitrogens with one attached hydrogen (secondary N) is 2. The molecule has 2 atom stereocenters. The molecule has 1 aromatic rings. The van der Waals surface area contributed by atoms with E-state index in [4.69, 9.17) is 4.74 Å². The summed E-state index contributed by atoms with van der Waals surface area (Å²) in [5.74, 6) is 0.922. The molecule has 0 spiro atoms. The number of rotatable bonds is 4. The van der Waals surface area contributed by atoms with E-state index in [0.717, 1.165) is 38.3 Å². The lowest BCUT2D eigenvalue weighted by Gasteiger charge is -2.59. The van der Waals surface area contributed by atoms with Crippen molar-refractivity contribution in [2.45, 2.75) is 57.7 Å². The summed E-state index contributed by atoms with van der Waals surface area (Å²) in [6, 6.07) is 5.21. The van der Waals surface area contributed by atoms with Crippen LogP contribution in [0.3, 0.4) is 0 Å². The number of piperidine rings is 1. The van der Waals surface area contributed by atoms with Crippen LogP contribution in [0.4, 0.5) is 5.00 Å². The number of thiophene rings is 1. The highest BCUT2D eigenvalue weighted by molar-refractivity contribution is 14.0. The zero-order chi connectivity index (χ0) is 18.1. The summed E-state index contributed by atoms with van der Waals surface area (Å²) in [5, 5.41) is 10.8. The standard InChI is InChI=1S/C19H32N4OS.HI/c1-18(2)15(13-19(18,3)24-5)22-17(20-4)21-14-8-10-23(11-9-14)16-7-6-12-25-16;/h6-7,12,14-15H,8-11,13H2,1-5H3,(H2,20,21,22);1H. The summed E-state index contributed by atoms with van der Waals surface area (Å²) in [7, 11) is 3.67. The first kappa shape index (κ1) is 21.8. The van der Waals surface area contributed by atoms with Crippen molar-refractivity contribution < 1.29 is 4.74 Å². The van der Waals surface area contributed by atoms with Crippen LogP contribution in [0.5, 0.6) is 0 Å². The van der Waals surface area contributed by atoms with Crippen LogP contribution in [-0.2, 0) is 4.74 Å². The number of halogens is 1. The lowest BCUT2D eigenvalue weighted by atomic mass is 9.56. The normalized spacial score (nSPS) is 28.9. The molecular weight excluding hydrogens is 459 g/mol. The molecular formula is C19H33IN4OS. The van der Waals surface area contributed by atoms with Crippen LogP contribution < -0.4 is 15.5 Å². The zero-order valence-electron chi connectivity index (χ0n) is 16.5. The summed E-state index contributed by atoms with van der Waals surface area (Å²) < 4.78 is 5.73. The van der Waals surface area contributed by atoms with E-state index in [2.05, 4.69) is 58.8 Å². The summed E-state index contributed by atoms with van der Waals surface area (Å²) in [4.78, 5) is 6.94. The van der Waals surface area contributed by atoms with Crippen molar-refractivity contribution in [2.24, 2.45) is 10.4 Å². The molecule has 2 fully saturated rings. The van der Waals surface area contributed by atoms with Crippen LogP contribution in [0.15, 0.2) is 22.5 Å². The first-order valence-electron chi connectivity index (χ1n) is 9.23. The van der Waals surface area contributed by atoms with Crippen molar-refractivity contribution >= 4 is 46.3 Å². The molecule has 3 rings (SSSR count). The largest absolute Gasteiger partial charge is 0.378 e. The Balaban J connectivity index is 0.00000243. The molecule has 7 heteroatoms. The van der Waals surface area contributed by atoms with Gasteiger partial charge in [-0.15, -0.1) is 35.3 Å². The molecule has 0 radical (unpaired) electrons. The lowest BCUT2D eigenvalue weighted by molar-refractivity contribution is -0.176. The fourth-order valence-corrected chi connectivity index (χ4v) is 4.73. The van der Waals surface area contributed by atoms with Gasteiger partial charge in [-0.3, -0.25) is 4.99 Å². The molecule has 2 aliphatic rings. The maximum Gasteiger partial charge on any atom is 0.191 e. The summed E-state index contributed by atoms with van der Waals surface area (Å²) in [6.07, 6.45) is 3.29. The minimum atomic E-state index is -0.0600. The molecule has 0 bridgehead atoms. The highest BCUT2D eigenvalue weighted by Gasteiger charge is 2.58. The molecule has 26 heavy (non-hydrogen) atoms. The van der Waals surface area contributed by atoms with Crippen molar-refractivity contribution in [1.29, 1.82) is 0 Å². The quantitative estimate of drug-likeness (QED) is 0.383. The predicted molar refractivity (Wildman–Crippen MR) is 122 cm³/mol. The highest BCUT2D eigenvalue weighted by Crippen LogP contribution is 2.51. The van der Waals surface area contributed by atoms with E-state index in [0.29, 0.717) is 12.1 Å². The molecule has 148 valence electrons. The number of hydrogen-bond donors (Lipinski definition) is 2. The fourth-order valence-electron chi connectivity index (χ4n) is 3.95. The van der Waals surface area contributed by atoms with E-state index in [1.807, 2.05) is 25.5 Å². The van der Waals surface area contributed by atoms with Gasteiger partial charge in [0.2, 0.25) is 0 Å². The Kier molecular flexibility index (Phi) is 7.23. The van der Waals surface area contributed by atoms with E-state index >= 15 is 0 Å². The fraction of sp³-hybridized carbons (Fsp3) is 0.737. The molecule has 1 saturated carbocycles. The number of aliphatic imine (C=N–C) groups is 1. The molecule has 0 amide bonds. The van der Waals surface area contributed by atoms with Gasteiger partial charge in [0.05, 0.1) is 10.6 Å². The smallest absolute Gasteiger partial charge is 0.191 e. The van der Waals surface area contributed by atoms with Gasteiger partial charge in [-0.25, -0.2) is 0 Å². The average molecular weight is 492 g/mol. The topological polar surface area (TPSA) is 48.9 Å². The third kappa shape index (κ3) is 4.14. The molecule has 1 aromatic heterocycles. The van der Waals surface area contributed by atoms with Gasteiger partial charge in [0.1, 0.15) is 0 Å². The second-order valence-corrected chi connectivity index (χ2v) is 8.91. The van der Waals surface area contributed by atoms with Gasteiger partial charge in [-0.05, 0) is 43.7 Å². The molecule has 0 aromatic carbocycles. The van der Waals surface area contributed by atoms with Crippen LogP contribution in [0, 0.1) is 5.41 Å². The predicted octanol–water partition coefficient (Wildman–Crippen LogP) is 3.70. The van der Waals surface area contributed by atoms with Gasteiger partial charge < -0.3 is 20.3 Å². The molecule has 1 aliphatic carbocycles. The number of guanidine groups is 1. The SMILES string of the molecule is CN=C(NC1CCN(c2cccs2)CC1)NC1CC(C)(OC)C1(C)C.I. The van der Waals surface area contributed by atoms with Crippen LogP contribution in [0.25, 0.3) is 0 Å². The Hall–Kier alpha value is -0.540. The molecule has 2 heterocycles. The molecule has 1 aliphatic heterocycles. The Labute approximate surface area is 179 Å². The Morgan fingerprint density at radius 2 is 1.96 bits per heavy atom. The van der Waals surface area contributed by atoms with E-state index in [-0.39, 0.29) is 35.0 Å². The van der Waals surface area contributed by atoms with Crippen LogP contribution in [0.1, 0.15) is 40.0 Å². The van der Waals surface area contributed by atoms with Crippen LogP contribution in [0.2, 0.25) is 0 Å². The Bertz CT molecular complexity index is 599. The minimum Gasteiger partial charge on any atom is -0.378 e. The van der Waals surface area contributed by atoms with Crippen molar-refractivity contribution in [1.82, 2.24) is 10.6 Å². The Morgan fingerprint density at radius 1 is 1.27 bits per heavy atom. The summed E-state index contributed by atoms with van der Waals surface area (Å²) >= 11 is 1.83. The third-order valence-electron chi connectivity index (χ3n) is 6.47. The van der Waals surface area contributed by atoms with Crippen molar-refractivity contribution in [3.05, 3.63) is 17.5 Å². The van der Waals surface area contributed by atoms with Gasteiger partial charge in [0.25, 0.3) is 0 Å². The van der Waals surface area contributed by atoms with Gasteiger partial charge in [0.15, 0.2) is 5.96 Å². The second-order valence-electron chi connectivity index (χ2n) is 7.99. The Morgan fingerprint density at radius 3 is 2.46 bits per heavy atom. The zero-order valence-corrected chi connectivity index (χ0v) is 19.7. The van der Waals surface area contributed by atoms with Crippen molar-refractivity contribution in [3.8, 4) is 0 Å². The highest BCUT2D eigenvalue weighted by atomic mass is 127. The molecule has 5 nitrogen and oxygen atoms in total. The average Bonchev–Trinajstić information content (AvgIpc) is 3.15. The number of hydrogen-bond acceptors (Lipinski definition) is 4. The first-order chi connectivity index (χ1) is 11.9. The molecule has 1 saturated heterocycles. The van der Waals surface area contributed by atoms with Gasteiger partial charge >= 0.3 is 0 Å². The summed E-state index contributed by atoms with van der Waals surface area (Å²) in [6.45, 7) is 8.94. The molecule has 2 N–H and O–H groups in total. The minimum absolute atomic E-state index is 0.